The summed E-state index contributed by atoms with van der Waals surface area (Å²) < 4.78 is 0. The molecule has 6 nitrogen and oxygen atoms in total. The number of carbonyl (C=O) groups is 1. The normalized spacial score (nSPS) is 13.1. The van der Waals surface area contributed by atoms with Crippen LogP contribution in [-0.4, -0.2) is 20.9 Å². The molecule has 0 aliphatic carbocycles. The Balaban J connectivity index is 1.97. The molecule has 0 saturated carbocycles. The summed E-state index contributed by atoms with van der Waals surface area (Å²) in [6.45, 7) is 0.473. The molecule has 0 saturated heterocycles. The van der Waals surface area contributed by atoms with Gasteiger partial charge in [0.05, 0.1) is 0 Å². The van der Waals surface area contributed by atoms with Crippen LogP contribution in [-0.2, 0) is 23.3 Å². The number of rotatable bonds is 7. The number of nitrogens with zero attached hydrogens (tertiary/aromatic N) is 3. The van der Waals surface area contributed by atoms with Crippen LogP contribution in [0.1, 0.15) is 16.7 Å². The van der Waals surface area contributed by atoms with Crippen molar-refractivity contribution >= 4 is 5.91 Å². The summed E-state index contributed by atoms with van der Waals surface area (Å²) in [6, 6.07) is 11.2. The lowest BCUT2D eigenvalue weighted by atomic mass is 9.84. The molecule has 0 aliphatic rings. The molecule has 0 bridgehead atoms. The van der Waals surface area contributed by atoms with E-state index in [4.69, 9.17) is 5.73 Å². The number of primary amides is 1. The third-order valence-corrected chi connectivity index (χ3v) is 4.11. The maximum atomic E-state index is 12.5. The molecule has 0 spiro atoms. The van der Waals surface area contributed by atoms with Gasteiger partial charge in [-0.1, -0.05) is 12.1 Å². The van der Waals surface area contributed by atoms with Gasteiger partial charge in [0.15, 0.2) is 0 Å². The van der Waals surface area contributed by atoms with E-state index in [1.165, 1.54) is 0 Å². The molecule has 1 amide bonds. The van der Waals surface area contributed by atoms with Gasteiger partial charge >= 0.3 is 0 Å². The highest BCUT2D eigenvalue weighted by Gasteiger charge is 2.38. The molecule has 0 aromatic carbocycles. The van der Waals surface area contributed by atoms with E-state index in [0.717, 1.165) is 16.7 Å². The minimum absolute atomic E-state index is 0.382. The first-order valence-electron chi connectivity index (χ1n) is 7.94. The molecule has 3 aromatic rings. The van der Waals surface area contributed by atoms with Crippen LogP contribution in [0.2, 0.25) is 0 Å². The molecule has 1 atom stereocenters. The van der Waals surface area contributed by atoms with E-state index < -0.39 is 11.4 Å². The number of hydrogen-bond donors (Lipinski definition) is 2. The van der Waals surface area contributed by atoms with Crippen molar-refractivity contribution in [2.75, 3.05) is 0 Å². The minimum Gasteiger partial charge on any atom is -0.368 e. The van der Waals surface area contributed by atoms with Gasteiger partial charge in [0.2, 0.25) is 5.91 Å². The molecule has 3 rings (SSSR count). The number of nitrogens with one attached hydrogen (secondary N) is 1. The SMILES string of the molecule is NC(=O)C(Cc1cccnc1)(NCc1ccncc1)c1cccnc1. The number of carbonyl (C=O) groups excluding carboxylic acids is 1. The zero-order chi connectivity index (χ0) is 17.5. The monoisotopic (exact) mass is 333 g/mol. The van der Waals surface area contributed by atoms with Gasteiger partial charge in [0, 0.05) is 55.7 Å². The summed E-state index contributed by atoms with van der Waals surface area (Å²) in [7, 11) is 0. The molecular formula is C19H19N5O. The fourth-order valence-corrected chi connectivity index (χ4v) is 2.76. The second kappa shape index (κ2) is 7.63. The van der Waals surface area contributed by atoms with E-state index in [1.807, 2.05) is 30.3 Å². The molecular weight excluding hydrogens is 314 g/mol. The predicted octanol–water partition coefficient (Wildman–Crippen LogP) is 1.58. The van der Waals surface area contributed by atoms with Crippen LogP contribution >= 0.6 is 0 Å². The van der Waals surface area contributed by atoms with Crippen LogP contribution in [0.3, 0.4) is 0 Å². The number of nitrogens with two attached hydrogens (primary N) is 1. The second-order valence-corrected chi connectivity index (χ2v) is 5.76. The molecule has 3 aromatic heterocycles. The molecule has 0 radical (unpaired) electrons. The molecule has 126 valence electrons. The average molecular weight is 333 g/mol. The minimum atomic E-state index is -1.08. The number of hydrogen-bond acceptors (Lipinski definition) is 5. The van der Waals surface area contributed by atoms with Gasteiger partial charge < -0.3 is 5.73 Å². The molecule has 0 fully saturated rings. The Morgan fingerprint density at radius 1 is 0.920 bits per heavy atom. The zero-order valence-electron chi connectivity index (χ0n) is 13.7. The molecule has 1 unspecified atom stereocenters. The summed E-state index contributed by atoms with van der Waals surface area (Å²) in [5.41, 5.74) is 7.41. The zero-order valence-corrected chi connectivity index (χ0v) is 13.7. The quantitative estimate of drug-likeness (QED) is 0.685. The average Bonchev–Trinajstić information content (AvgIpc) is 2.67. The van der Waals surface area contributed by atoms with Crippen LogP contribution in [0.4, 0.5) is 0 Å². The van der Waals surface area contributed by atoms with Crippen LogP contribution in [0.15, 0.2) is 73.6 Å². The third kappa shape index (κ3) is 3.87. The summed E-state index contributed by atoms with van der Waals surface area (Å²) in [5.74, 6) is -0.460. The van der Waals surface area contributed by atoms with Gasteiger partial charge in [-0.2, -0.15) is 0 Å². The number of aromatic nitrogens is 3. The molecule has 6 heteroatoms. The van der Waals surface area contributed by atoms with E-state index in [9.17, 15) is 4.79 Å². The molecule has 3 N–H and O–H groups in total. The molecule has 25 heavy (non-hydrogen) atoms. The van der Waals surface area contributed by atoms with Crippen molar-refractivity contribution in [3.63, 3.8) is 0 Å². The Bertz CT molecular complexity index is 811. The lowest BCUT2D eigenvalue weighted by molar-refractivity contribution is -0.125. The molecule has 3 heterocycles. The van der Waals surface area contributed by atoms with Crippen molar-refractivity contribution in [1.82, 2.24) is 20.3 Å². The van der Waals surface area contributed by atoms with Crippen LogP contribution in [0.25, 0.3) is 0 Å². The van der Waals surface area contributed by atoms with Crippen molar-refractivity contribution in [2.24, 2.45) is 5.73 Å². The highest BCUT2D eigenvalue weighted by atomic mass is 16.1. The second-order valence-electron chi connectivity index (χ2n) is 5.76. The van der Waals surface area contributed by atoms with Crippen molar-refractivity contribution in [3.8, 4) is 0 Å². The third-order valence-electron chi connectivity index (χ3n) is 4.11. The van der Waals surface area contributed by atoms with Crippen molar-refractivity contribution in [2.45, 2.75) is 18.5 Å². The maximum Gasteiger partial charge on any atom is 0.242 e. The Labute approximate surface area is 146 Å². The van der Waals surface area contributed by atoms with Gasteiger partial charge in [-0.25, -0.2) is 0 Å². The van der Waals surface area contributed by atoms with Crippen molar-refractivity contribution in [1.29, 1.82) is 0 Å². The van der Waals surface area contributed by atoms with Crippen LogP contribution < -0.4 is 11.1 Å². The lowest BCUT2D eigenvalue weighted by Gasteiger charge is -2.32. The topological polar surface area (TPSA) is 93.8 Å². The van der Waals surface area contributed by atoms with Crippen molar-refractivity contribution in [3.05, 3.63) is 90.3 Å². The van der Waals surface area contributed by atoms with Gasteiger partial charge in [0.25, 0.3) is 0 Å². The number of amides is 1. The molecule has 0 aliphatic heterocycles. The summed E-state index contributed by atoms with van der Waals surface area (Å²) in [4.78, 5) is 24.9. The van der Waals surface area contributed by atoms with E-state index in [1.54, 1.807) is 43.2 Å². The lowest BCUT2D eigenvalue weighted by Crippen LogP contribution is -2.54. The first kappa shape index (κ1) is 16.7. The predicted molar refractivity (Wildman–Crippen MR) is 94.1 cm³/mol. The Morgan fingerprint density at radius 3 is 2.24 bits per heavy atom. The first-order valence-corrected chi connectivity index (χ1v) is 7.94. The summed E-state index contributed by atoms with van der Waals surface area (Å²) >= 11 is 0. The first-order chi connectivity index (χ1) is 12.2. The fraction of sp³-hybridized carbons (Fsp3) is 0.158. The Hall–Kier alpha value is -3.12. The highest BCUT2D eigenvalue weighted by molar-refractivity contribution is 5.86. The van der Waals surface area contributed by atoms with Gasteiger partial charge in [0.1, 0.15) is 5.54 Å². The van der Waals surface area contributed by atoms with Crippen LogP contribution in [0, 0.1) is 0 Å². The largest absolute Gasteiger partial charge is 0.368 e. The van der Waals surface area contributed by atoms with E-state index in [-0.39, 0.29) is 0 Å². The van der Waals surface area contributed by atoms with Gasteiger partial charge in [-0.3, -0.25) is 25.1 Å². The highest BCUT2D eigenvalue weighted by Crippen LogP contribution is 2.26. The number of pyridine rings is 3. The van der Waals surface area contributed by atoms with Crippen molar-refractivity contribution < 1.29 is 4.79 Å². The van der Waals surface area contributed by atoms with E-state index in [0.29, 0.717) is 13.0 Å². The Kier molecular flexibility index (Phi) is 5.11. The fourth-order valence-electron chi connectivity index (χ4n) is 2.76. The maximum absolute atomic E-state index is 12.5. The van der Waals surface area contributed by atoms with Crippen LogP contribution in [0.5, 0.6) is 0 Å². The van der Waals surface area contributed by atoms with E-state index in [2.05, 4.69) is 20.3 Å². The van der Waals surface area contributed by atoms with Gasteiger partial charge in [-0.15, -0.1) is 0 Å². The van der Waals surface area contributed by atoms with Gasteiger partial charge in [-0.05, 0) is 35.4 Å². The smallest absolute Gasteiger partial charge is 0.242 e. The summed E-state index contributed by atoms with van der Waals surface area (Å²) in [5, 5.41) is 3.34. The summed E-state index contributed by atoms with van der Waals surface area (Å²) in [6.07, 6.45) is 10.6. The standard InChI is InChI=1S/C19H19N5O/c20-18(25)19(17-4-2-8-23-14-17,11-16-3-1-7-22-12-16)24-13-15-5-9-21-10-6-15/h1-10,12,14,24H,11,13H2,(H2,20,25). The van der Waals surface area contributed by atoms with E-state index >= 15 is 0 Å². The Morgan fingerprint density at radius 2 is 1.64 bits per heavy atom.